The van der Waals surface area contributed by atoms with Crippen molar-refractivity contribution in [1.82, 2.24) is 29.5 Å². The van der Waals surface area contributed by atoms with Crippen LogP contribution < -0.4 is 4.90 Å². The van der Waals surface area contributed by atoms with Crippen molar-refractivity contribution < 1.29 is 0 Å². The first-order valence-corrected chi connectivity index (χ1v) is 10.5. The van der Waals surface area contributed by atoms with Crippen molar-refractivity contribution in [3.05, 3.63) is 11.5 Å². The van der Waals surface area contributed by atoms with Gasteiger partial charge >= 0.3 is 0 Å². The molecule has 4 heterocycles. The Hall–Kier alpha value is -1.73. The second kappa shape index (κ2) is 8.10. The van der Waals surface area contributed by atoms with Crippen LogP contribution in [-0.4, -0.2) is 81.9 Å². The summed E-state index contributed by atoms with van der Waals surface area (Å²) in [5.74, 6) is 1.90. The lowest BCUT2D eigenvalue weighted by molar-refractivity contribution is 0.257. The van der Waals surface area contributed by atoms with Gasteiger partial charge in [0.15, 0.2) is 5.65 Å². The summed E-state index contributed by atoms with van der Waals surface area (Å²) in [7, 11) is 1.97. The third kappa shape index (κ3) is 4.09. The van der Waals surface area contributed by atoms with Crippen molar-refractivity contribution in [2.24, 2.45) is 7.05 Å². The molecule has 2 saturated heterocycles. The predicted octanol–water partition coefficient (Wildman–Crippen LogP) is 1.98. The molecule has 2 aromatic rings. The number of aromatic nitrogens is 4. The lowest BCUT2D eigenvalue weighted by Gasteiger charge is -2.24. The molecule has 0 amide bonds. The lowest BCUT2D eigenvalue weighted by atomic mass is 10.2. The summed E-state index contributed by atoms with van der Waals surface area (Å²) in [4.78, 5) is 17.1. The van der Waals surface area contributed by atoms with E-state index in [-0.39, 0.29) is 0 Å². The molecule has 0 N–H and O–H groups in total. The number of nitrogens with zero attached hydrogens (tertiary/aromatic N) is 7. The minimum Gasteiger partial charge on any atom is -0.355 e. The van der Waals surface area contributed by atoms with E-state index in [4.69, 9.17) is 4.98 Å². The van der Waals surface area contributed by atoms with Gasteiger partial charge in [-0.25, -0.2) is 9.97 Å². The highest BCUT2D eigenvalue weighted by Crippen LogP contribution is 2.27. The number of hydrogen-bond acceptors (Lipinski definition) is 6. The Kier molecular flexibility index (Phi) is 5.59. The number of aryl methyl sites for hydroxylation is 3. The molecule has 2 aromatic heterocycles. The fraction of sp³-hybridized carbons (Fsp3) is 0.750. The Morgan fingerprint density at radius 2 is 1.52 bits per heavy atom. The average Bonchev–Trinajstić information content (AvgIpc) is 3.17. The van der Waals surface area contributed by atoms with E-state index in [2.05, 4.69) is 31.7 Å². The van der Waals surface area contributed by atoms with Gasteiger partial charge in [-0.3, -0.25) is 4.68 Å². The second-order valence-electron chi connectivity index (χ2n) is 8.09. The maximum Gasteiger partial charge on any atom is 0.163 e. The SMILES string of the molecule is Cc1nc(N2CCCN(CCCN3CCCC3)CC2)c2c(C)nn(C)c2n1. The van der Waals surface area contributed by atoms with E-state index in [9.17, 15) is 0 Å². The molecule has 27 heavy (non-hydrogen) atoms. The third-order valence-corrected chi connectivity index (χ3v) is 5.99. The van der Waals surface area contributed by atoms with Crippen LogP contribution in [-0.2, 0) is 7.05 Å². The van der Waals surface area contributed by atoms with Crippen LogP contribution in [0.15, 0.2) is 0 Å². The third-order valence-electron chi connectivity index (χ3n) is 5.99. The molecule has 7 nitrogen and oxygen atoms in total. The van der Waals surface area contributed by atoms with Gasteiger partial charge in [0, 0.05) is 26.7 Å². The highest BCUT2D eigenvalue weighted by molar-refractivity contribution is 5.89. The van der Waals surface area contributed by atoms with Crippen LogP contribution in [0, 0.1) is 13.8 Å². The first kappa shape index (κ1) is 18.6. The van der Waals surface area contributed by atoms with Crippen molar-refractivity contribution in [1.29, 1.82) is 0 Å². The number of anilines is 1. The summed E-state index contributed by atoms with van der Waals surface area (Å²) in [6.07, 6.45) is 5.25. The van der Waals surface area contributed by atoms with Gasteiger partial charge in [0.25, 0.3) is 0 Å². The van der Waals surface area contributed by atoms with Crippen LogP contribution in [0.1, 0.15) is 37.2 Å². The largest absolute Gasteiger partial charge is 0.355 e. The molecule has 0 bridgehead atoms. The molecular formula is C20H33N7. The first-order valence-electron chi connectivity index (χ1n) is 10.5. The molecular weight excluding hydrogens is 338 g/mol. The normalized spacial score (nSPS) is 19.9. The van der Waals surface area contributed by atoms with Gasteiger partial charge in [-0.15, -0.1) is 0 Å². The summed E-state index contributed by atoms with van der Waals surface area (Å²) in [5.41, 5.74) is 1.97. The van der Waals surface area contributed by atoms with Gasteiger partial charge in [0.1, 0.15) is 11.6 Å². The summed E-state index contributed by atoms with van der Waals surface area (Å²) in [6.45, 7) is 13.5. The van der Waals surface area contributed by atoms with E-state index in [1.807, 2.05) is 18.7 Å². The summed E-state index contributed by atoms with van der Waals surface area (Å²) < 4.78 is 1.88. The summed E-state index contributed by atoms with van der Waals surface area (Å²) in [5, 5.41) is 5.69. The molecule has 0 saturated carbocycles. The van der Waals surface area contributed by atoms with E-state index in [0.717, 1.165) is 48.0 Å². The fourth-order valence-corrected chi connectivity index (χ4v) is 4.58. The number of fused-ring (bicyclic) bond motifs is 1. The maximum atomic E-state index is 4.82. The molecule has 0 spiro atoms. The number of hydrogen-bond donors (Lipinski definition) is 0. The fourth-order valence-electron chi connectivity index (χ4n) is 4.58. The zero-order chi connectivity index (χ0) is 18.8. The summed E-state index contributed by atoms with van der Waals surface area (Å²) in [6, 6.07) is 0. The molecule has 0 radical (unpaired) electrons. The molecule has 2 aliphatic rings. The zero-order valence-corrected chi connectivity index (χ0v) is 17.1. The van der Waals surface area contributed by atoms with E-state index in [0.29, 0.717) is 0 Å². The quantitative estimate of drug-likeness (QED) is 0.801. The first-order chi connectivity index (χ1) is 13.1. The van der Waals surface area contributed by atoms with Gasteiger partial charge in [-0.05, 0) is 72.3 Å². The molecule has 4 rings (SSSR count). The van der Waals surface area contributed by atoms with Crippen LogP contribution >= 0.6 is 0 Å². The lowest BCUT2D eigenvalue weighted by Crippen LogP contribution is -2.33. The molecule has 148 valence electrons. The molecule has 2 fully saturated rings. The monoisotopic (exact) mass is 371 g/mol. The highest BCUT2D eigenvalue weighted by atomic mass is 15.3. The minimum absolute atomic E-state index is 0.826. The van der Waals surface area contributed by atoms with Gasteiger partial charge in [-0.2, -0.15) is 5.10 Å². The van der Waals surface area contributed by atoms with Gasteiger partial charge in [0.2, 0.25) is 0 Å². The Bertz CT molecular complexity index is 778. The van der Waals surface area contributed by atoms with Gasteiger partial charge in [-0.1, -0.05) is 0 Å². The van der Waals surface area contributed by atoms with E-state index in [1.165, 1.54) is 58.4 Å². The Labute approximate surface area is 162 Å². The van der Waals surface area contributed by atoms with Crippen molar-refractivity contribution in [2.75, 3.05) is 57.3 Å². The van der Waals surface area contributed by atoms with Gasteiger partial charge < -0.3 is 14.7 Å². The van der Waals surface area contributed by atoms with Crippen molar-refractivity contribution in [3.63, 3.8) is 0 Å². The van der Waals surface area contributed by atoms with E-state index in [1.54, 1.807) is 0 Å². The molecule has 0 aliphatic carbocycles. The highest BCUT2D eigenvalue weighted by Gasteiger charge is 2.22. The molecule has 0 aromatic carbocycles. The second-order valence-corrected chi connectivity index (χ2v) is 8.09. The Balaban J connectivity index is 1.41. The Morgan fingerprint density at radius 3 is 2.30 bits per heavy atom. The predicted molar refractivity (Wildman–Crippen MR) is 109 cm³/mol. The van der Waals surface area contributed by atoms with Crippen LogP contribution in [0.3, 0.4) is 0 Å². The van der Waals surface area contributed by atoms with Crippen LogP contribution in [0.25, 0.3) is 11.0 Å². The maximum absolute atomic E-state index is 4.82. The van der Waals surface area contributed by atoms with Crippen LogP contribution in [0.5, 0.6) is 0 Å². The molecule has 0 unspecified atom stereocenters. The zero-order valence-electron chi connectivity index (χ0n) is 17.1. The summed E-state index contributed by atoms with van der Waals surface area (Å²) >= 11 is 0. The standard InChI is InChI=1S/C20H33N7/c1-16-18-19(24(3)23-16)21-17(2)22-20(18)27-13-7-12-26(14-15-27)11-6-10-25-8-4-5-9-25/h4-15H2,1-3H3. The number of likely N-dealkylation sites (tertiary alicyclic amines) is 1. The van der Waals surface area contributed by atoms with Gasteiger partial charge in [0.05, 0.1) is 11.1 Å². The number of rotatable bonds is 5. The van der Waals surface area contributed by atoms with Crippen LogP contribution in [0.4, 0.5) is 5.82 Å². The molecule has 0 atom stereocenters. The molecule has 2 aliphatic heterocycles. The smallest absolute Gasteiger partial charge is 0.163 e. The Morgan fingerprint density at radius 1 is 0.815 bits per heavy atom. The van der Waals surface area contributed by atoms with Crippen LogP contribution in [0.2, 0.25) is 0 Å². The van der Waals surface area contributed by atoms with E-state index < -0.39 is 0 Å². The minimum atomic E-state index is 0.826. The topological polar surface area (TPSA) is 53.3 Å². The molecule has 7 heteroatoms. The van der Waals surface area contributed by atoms with E-state index >= 15 is 0 Å². The average molecular weight is 372 g/mol. The van der Waals surface area contributed by atoms with Crippen molar-refractivity contribution in [2.45, 2.75) is 39.5 Å². The van der Waals surface area contributed by atoms with Crippen molar-refractivity contribution in [3.8, 4) is 0 Å². The van der Waals surface area contributed by atoms with Crippen molar-refractivity contribution >= 4 is 16.9 Å².